The minimum Gasteiger partial charge on any atom is -0.388 e. The van der Waals surface area contributed by atoms with Crippen LogP contribution in [-0.4, -0.2) is 77.0 Å². The molecule has 1 amide bonds. The summed E-state index contributed by atoms with van der Waals surface area (Å²) in [6, 6.07) is 0. The van der Waals surface area contributed by atoms with Gasteiger partial charge in [-0.1, -0.05) is 39.0 Å². The number of carbonyl (C=O) groups is 1. The van der Waals surface area contributed by atoms with Crippen molar-refractivity contribution in [1.29, 1.82) is 0 Å². The molecule has 1 heterocycles. The van der Waals surface area contributed by atoms with Gasteiger partial charge >= 0.3 is 0 Å². The number of rotatable bonds is 10. The summed E-state index contributed by atoms with van der Waals surface area (Å²) in [4.78, 5) is 13.6. The smallest absolute Gasteiger partial charge is 0.224 e. The van der Waals surface area contributed by atoms with Crippen molar-refractivity contribution in [2.45, 2.75) is 95.6 Å². The molecule has 0 bridgehead atoms. The minimum absolute atomic E-state index is 0.0579. The van der Waals surface area contributed by atoms with Gasteiger partial charge in [0, 0.05) is 14.1 Å². The lowest BCUT2D eigenvalue weighted by molar-refractivity contribution is -0.304. The molecule has 6 atom stereocenters. The Morgan fingerprint density at radius 3 is 2.32 bits per heavy atom. The summed E-state index contributed by atoms with van der Waals surface area (Å²) in [5, 5.41) is 29.8. The maximum Gasteiger partial charge on any atom is 0.224 e. The number of nitrogens with zero attached hydrogens (tertiary/aromatic N) is 1. The van der Waals surface area contributed by atoms with Gasteiger partial charge in [0.2, 0.25) is 5.91 Å². The first-order valence-electron chi connectivity index (χ1n) is 9.33. The van der Waals surface area contributed by atoms with E-state index in [-0.39, 0.29) is 12.3 Å². The molecular weight excluding hydrogens is 326 g/mol. The zero-order valence-corrected chi connectivity index (χ0v) is 15.9. The summed E-state index contributed by atoms with van der Waals surface area (Å²) in [6.07, 6.45) is 0.432. The van der Waals surface area contributed by atoms with Gasteiger partial charge in [0.15, 0.2) is 6.29 Å². The van der Waals surface area contributed by atoms with Crippen molar-refractivity contribution in [2.75, 3.05) is 14.1 Å². The zero-order valence-electron chi connectivity index (χ0n) is 15.9. The summed E-state index contributed by atoms with van der Waals surface area (Å²) in [7, 11) is 3.38. The molecule has 1 unspecified atom stereocenters. The van der Waals surface area contributed by atoms with Gasteiger partial charge in [0.1, 0.15) is 18.3 Å². The second-order valence-corrected chi connectivity index (χ2v) is 7.13. The number of hydrogen-bond donors (Lipinski definition) is 3. The highest BCUT2D eigenvalue weighted by Gasteiger charge is 2.43. The number of aliphatic hydroxyl groups is 3. The molecule has 7 heteroatoms. The van der Waals surface area contributed by atoms with Crippen LogP contribution < -0.4 is 0 Å². The van der Waals surface area contributed by atoms with E-state index in [0.717, 1.165) is 19.3 Å². The summed E-state index contributed by atoms with van der Waals surface area (Å²) in [6.45, 7) is 3.77. The Morgan fingerprint density at radius 2 is 1.72 bits per heavy atom. The van der Waals surface area contributed by atoms with Crippen LogP contribution in [0.25, 0.3) is 0 Å². The van der Waals surface area contributed by atoms with Crippen molar-refractivity contribution in [2.24, 2.45) is 0 Å². The maximum atomic E-state index is 12.0. The van der Waals surface area contributed by atoms with E-state index >= 15 is 0 Å². The number of aliphatic hydroxyl groups excluding tert-OH is 3. The molecule has 1 saturated heterocycles. The van der Waals surface area contributed by atoms with Gasteiger partial charge in [0.25, 0.3) is 0 Å². The second kappa shape index (κ2) is 11.1. The van der Waals surface area contributed by atoms with Crippen LogP contribution in [-0.2, 0) is 14.3 Å². The monoisotopic (exact) mass is 361 g/mol. The molecule has 1 rings (SSSR count). The van der Waals surface area contributed by atoms with Crippen molar-refractivity contribution in [3.63, 3.8) is 0 Å². The predicted molar refractivity (Wildman–Crippen MR) is 93.9 cm³/mol. The quantitative estimate of drug-likeness (QED) is 0.503. The molecule has 25 heavy (non-hydrogen) atoms. The van der Waals surface area contributed by atoms with Gasteiger partial charge in [-0.2, -0.15) is 0 Å². The molecule has 148 valence electrons. The third-order valence-electron chi connectivity index (χ3n) is 4.67. The van der Waals surface area contributed by atoms with Crippen molar-refractivity contribution in [1.82, 2.24) is 4.90 Å². The topological polar surface area (TPSA) is 99.5 Å². The van der Waals surface area contributed by atoms with Gasteiger partial charge < -0.3 is 29.7 Å². The highest BCUT2D eigenvalue weighted by molar-refractivity contribution is 5.76. The highest BCUT2D eigenvalue weighted by atomic mass is 16.7. The Hall–Kier alpha value is -0.730. The Bertz CT molecular complexity index is 392. The van der Waals surface area contributed by atoms with Crippen LogP contribution in [0.1, 0.15) is 58.8 Å². The van der Waals surface area contributed by atoms with Gasteiger partial charge in [-0.05, 0) is 13.3 Å². The fraction of sp³-hybridized carbons (Fsp3) is 0.944. The molecule has 1 fully saturated rings. The predicted octanol–water partition coefficient (Wildman–Crippen LogP) is 1.04. The van der Waals surface area contributed by atoms with Crippen molar-refractivity contribution < 1.29 is 29.6 Å². The minimum atomic E-state index is -1.34. The van der Waals surface area contributed by atoms with Crippen LogP contribution in [0.3, 0.4) is 0 Å². The maximum absolute atomic E-state index is 12.0. The van der Waals surface area contributed by atoms with Crippen molar-refractivity contribution >= 4 is 5.91 Å². The SMILES string of the molecule is CCCCCCCC(CC(=O)N(C)C)O[C@@H]1O[C@@H](C)[C@H](O)[C@@H](O)[C@H]1O. The molecule has 3 N–H and O–H groups in total. The molecule has 1 aliphatic heterocycles. The Morgan fingerprint density at radius 1 is 1.08 bits per heavy atom. The molecule has 0 spiro atoms. The second-order valence-electron chi connectivity index (χ2n) is 7.13. The van der Waals surface area contributed by atoms with Crippen LogP contribution in [0.2, 0.25) is 0 Å². The Labute approximate surface area is 150 Å². The van der Waals surface area contributed by atoms with Gasteiger partial charge in [0.05, 0.1) is 18.6 Å². The molecule has 1 aliphatic rings. The highest BCUT2D eigenvalue weighted by Crippen LogP contribution is 2.25. The van der Waals surface area contributed by atoms with E-state index in [1.165, 1.54) is 17.7 Å². The largest absolute Gasteiger partial charge is 0.388 e. The van der Waals surface area contributed by atoms with E-state index in [4.69, 9.17) is 9.47 Å². The lowest BCUT2D eigenvalue weighted by atomic mass is 9.99. The first-order valence-corrected chi connectivity index (χ1v) is 9.33. The van der Waals surface area contributed by atoms with Crippen molar-refractivity contribution in [3.8, 4) is 0 Å². The van der Waals surface area contributed by atoms with E-state index in [1.807, 2.05) is 0 Å². The molecule has 0 aromatic carbocycles. The molecule has 0 aromatic heterocycles. The summed E-state index contributed by atoms with van der Waals surface area (Å²) < 4.78 is 11.3. The summed E-state index contributed by atoms with van der Waals surface area (Å²) in [5.41, 5.74) is 0. The van der Waals surface area contributed by atoms with Gasteiger partial charge in [-0.15, -0.1) is 0 Å². The summed E-state index contributed by atoms with van der Waals surface area (Å²) in [5.74, 6) is -0.0579. The van der Waals surface area contributed by atoms with Crippen molar-refractivity contribution in [3.05, 3.63) is 0 Å². The first-order chi connectivity index (χ1) is 11.8. The third kappa shape index (κ3) is 7.19. The van der Waals surface area contributed by atoms with Crippen LogP contribution >= 0.6 is 0 Å². The fourth-order valence-corrected chi connectivity index (χ4v) is 2.89. The molecule has 0 aromatic rings. The lowest BCUT2D eigenvalue weighted by Crippen LogP contribution is -2.58. The van der Waals surface area contributed by atoms with E-state index in [2.05, 4.69) is 6.92 Å². The number of carbonyl (C=O) groups excluding carboxylic acids is 1. The van der Waals surface area contributed by atoms with Crippen LogP contribution in [0, 0.1) is 0 Å². The molecular formula is C18H35NO6. The fourth-order valence-electron chi connectivity index (χ4n) is 2.89. The Balaban J connectivity index is 2.62. The standard InChI is InChI=1S/C18H35NO6/c1-5-6-7-8-9-10-13(11-14(20)19(3)4)25-18-17(23)16(22)15(21)12(2)24-18/h12-13,15-18,21-23H,5-11H2,1-4H3/t12-,13?,15-,16+,17+,18-/m0/s1. The molecule has 0 aliphatic carbocycles. The lowest BCUT2D eigenvalue weighted by Gasteiger charge is -2.40. The first kappa shape index (κ1) is 22.3. The molecule has 7 nitrogen and oxygen atoms in total. The average molecular weight is 361 g/mol. The van der Waals surface area contributed by atoms with E-state index in [0.29, 0.717) is 6.42 Å². The number of amides is 1. The number of unbranched alkanes of at least 4 members (excludes halogenated alkanes) is 4. The normalized spacial score (nSPS) is 30.9. The third-order valence-corrected chi connectivity index (χ3v) is 4.67. The molecule has 0 saturated carbocycles. The van der Waals surface area contributed by atoms with E-state index in [1.54, 1.807) is 21.0 Å². The zero-order chi connectivity index (χ0) is 19.0. The number of ether oxygens (including phenoxy) is 2. The van der Waals surface area contributed by atoms with Crippen LogP contribution in [0.5, 0.6) is 0 Å². The van der Waals surface area contributed by atoms with Gasteiger partial charge in [-0.3, -0.25) is 4.79 Å². The van der Waals surface area contributed by atoms with Crippen LogP contribution in [0.15, 0.2) is 0 Å². The Kier molecular flexibility index (Phi) is 9.89. The van der Waals surface area contributed by atoms with E-state index in [9.17, 15) is 20.1 Å². The van der Waals surface area contributed by atoms with Gasteiger partial charge in [-0.25, -0.2) is 0 Å². The van der Waals surface area contributed by atoms with E-state index < -0.39 is 36.8 Å². The summed E-state index contributed by atoms with van der Waals surface area (Å²) >= 11 is 0. The van der Waals surface area contributed by atoms with Crippen LogP contribution in [0.4, 0.5) is 0 Å². The average Bonchev–Trinajstić information content (AvgIpc) is 2.57. The number of hydrogen-bond acceptors (Lipinski definition) is 6. The molecule has 0 radical (unpaired) electrons.